The van der Waals surface area contributed by atoms with E-state index in [4.69, 9.17) is 11.6 Å². The van der Waals surface area contributed by atoms with E-state index in [1.165, 1.54) is 17.8 Å². The van der Waals surface area contributed by atoms with Gasteiger partial charge in [-0.15, -0.1) is 11.8 Å². The van der Waals surface area contributed by atoms with E-state index in [9.17, 15) is 22.8 Å². The van der Waals surface area contributed by atoms with E-state index in [2.05, 4.69) is 5.32 Å². The number of benzene rings is 2. The Morgan fingerprint density at radius 3 is 2.33 bits per heavy atom. The fourth-order valence-corrected chi connectivity index (χ4v) is 4.23. The van der Waals surface area contributed by atoms with Gasteiger partial charge in [-0.05, 0) is 31.0 Å². The largest absolute Gasteiger partial charge is 0.322 e. The number of carbonyl (C=O) groups is 2. The SMILES string of the molecule is O=C1CCC(Sc2cc(C(=O)Nc3cc(F)c(F)c(F)c3)ccc2Cl)CC1. The van der Waals surface area contributed by atoms with Gasteiger partial charge in [0, 0.05) is 46.4 Å². The van der Waals surface area contributed by atoms with Crippen molar-refractivity contribution < 1.29 is 22.8 Å². The van der Waals surface area contributed by atoms with E-state index in [1.807, 2.05) is 0 Å². The first kappa shape index (κ1) is 19.8. The van der Waals surface area contributed by atoms with Crippen LogP contribution in [0, 0.1) is 17.5 Å². The standard InChI is InChI=1S/C19H15ClF3NO2S/c20-14-6-1-10(7-17(14)27-13-4-2-12(25)3-5-13)19(26)24-11-8-15(21)18(23)16(22)9-11/h1,6-9,13H,2-5H2,(H,24,26). The van der Waals surface area contributed by atoms with Crippen LogP contribution in [0.4, 0.5) is 18.9 Å². The molecule has 2 aromatic carbocycles. The zero-order chi connectivity index (χ0) is 19.6. The van der Waals surface area contributed by atoms with Crippen molar-refractivity contribution >= 4 is 40.7 Å². The van der Waals surface area contributed by atoms with Crippen molar-refractivity contribution in [3.8, 4) is 0 Å². The van der Waals surface area contributed by atoms with E-state index in [0.29, 0.717) is 34.9 Å². The van der Waals surface area contributed by atoms with Gasteiger partial charge in [0.25, 0.3) is 5.91 Å². The van der Waals surface area contributed by atoms with Gasteiger partial charge >= 0.3 is 0 Å². The summed E-state index contributed by atoms with van der Waals surface area (Å²) in [6.45, 7) is 0. The van der Waals surface area contributed by atoms with Gasteiger partial charge in [0.15, 0.2) is 17.5 Å². The Hall–Kier alpha value is -1.99. The quantitative estimate of drug-likeness (QED) is 0.662. The lowest BCUT2D eigenvalue weighted by molar-refractivity contribution is -0.120. The third-order valence-electron chi connectivity index (χ3n) is 4.22. The average molecular weight is 414 g/mol. The number of ketones is 1. The lowest BCUT2D eigenvalue weighted by atomic mass is 9.99. The predicted molar refractivity (Wildman–Crippen MR) is 98.8 cm³/mol. The monoisotopic (exact) mass is 413 g/mol. The summed E-state index contributed by atoms with van der Waals surface area (Å²) < 4.78 is 39.6. The third-order valence-corrected chi connectivity index (χ3v) is 6.06. The molecule has 142 valence electrons. The highest BCUT2D eigenvalue weighted by Gasteiger charge is 2.21. The molecule has 0 saturated heterocycles. The number of halogens is 4. The summed E-state index contributed by atoms with van der Waals surface area (Å²) in [6, 6.07) is 6.07. The van der Waals surface area contributed by atoms with Gasteiger partial charge in [-0.2, -0.15) is 0 Å². The Labute approximate surface area is 163 Å². The topological polar surface area (TPSA) is 46.2 Å². The number of nitrogens with one attached hydrogen (secondary N) is 1. The lowest BCUT2D eigenvalue weighted by Gasteiger charge is -2.21. The molecule has 8 heteroatoms. The Bertz CT molecular complexity index is 874. The first-order valence-electron chi connectivity index (χ1n) is 8.27. The minimum atomic E-state index is -1.59. The molecule has 0 heterocycles. The Balaban J connectivity index is 1.74. The maximum Gasteiger partial charge on any atom is 0.255 e. The van der Waals surface area contributed by atoms with Crippen LogP contribution >= 0.6 is 23.4 Å². The van der Waals surface area contributed by atoms with E-state index < -0.39 is 23.4 Å². The maximum absolute atomic E-state index is 13.3. The van der Waals surface area contributed by atoms with Crippen molar-refractivity contribution in [3.63, 3.8) is 0 Å². The molecule has 0 spiro atoms. The second-order valence-electron chi connectivity index (χ2n) is 6.21. The highest BCUT2D eigenvalue weighted by Crippen LogP contribution is 2.37. The second-order valence-corrected chi connectivity index (χ2v) is 7.96. The minimum Gasteiger partial charge on any atom is -0.322 e. The van der Waals surface area contributed by atoms with Crippen molar-refractivity contribution in [3.05, 3.63) is 58.4 Å². The van der Waals surface area contributed by atoms with Gasteiger partial charge in [-0.1, -0.05) is 11.6 Å². The summed E-state index contributed by atoms with van der Waals surface area (Å²) in [5.41, 5.74) is 0.0604. The van der Waals surface area contributed by atoms with Crippen molar-refractivity contribution in [1.82, 2.24) is 0 Å². The molecule has 27 heavy (non-hydrogen) atoms. The molecule has 0 atom stereocenters. The summed E-state index contributed by atoms with van der Waals surface area (Å²) in [6.07, 6.45) is 2.59. The van der Waals surface area contributed by atoms with Crippen LogP contribution in [0.25, 0.3) is 0 Å². The van der Waals surface area contributed by atoms with E-state index >= 15 is 0 Å². The fraction of sp³-hybridized carbons (Fsp3) is 0.263. The number of thioether (sulfide) groups is 1. The van der Waals surface area contributed by atoms with Crippen LogP contribution in [0.5, 0.6) is 0 Å². The van der Waals surface area contributed by atoms with Crippen LogP contribution < -0.4 is 5.32 Å². The minimum absolute atomic E-state index is 0.189. The zero-order valence-corrected chi connectivity index (χ0v) is 15.6. The van der Waals surface area contributed by atoms with Crippen LogP contribution in [-0.4, -0.2) is 16.9 Å². The van der Waals surface area contributed by atoms with Gasteiger partial charge in [0.05, 0.1) is 5.02 Å². The molecule has 1 N–H and O–H groups in total. The number of hydrogen-bond acceptors (Lipinski definition) is 3. The van der Waals surface area contributed by atoms with Crippen LogP contribution in [0.2, 0.25) is 5.02 Å². The molecule has 0 aromatic heterocycles. The van der Waals surface area contributed by atoms with Gasteiger partial charge in [-0.25, -0.2) is 13.2 Å². The first-order chi connectivity index (χ1) is 12.8. The molecule has 3 rings (SSSR count). The number of Topliss-reactive ketones (excluding diaryl/α,β-unsaturated/α-hetero) is 1. The third kappa shape index (κ3) is 4.84. The molecule has 0 bridgehead atoms. The van der Waals surface area contributed by atoms with Gasteiger partial charge in [-0.3, -0.25) is 9.59 Å². The molecule has 1 aliphatic carbocycles. The molecular weight excluding hydrogens is 399 g/mol. The van der Waals surface area contributed by atoms with Crippen LogP contribution in [0.15, 0.2) is 35.2 Å². The zero-order valence-electron chi connectivity index (χ0n) is 14.0. The van der Waals surface area contributed by atoms with Crippen molar-refractivity contribution in [2.75, 3.05) is 5.32 Å². The van der Waals surface area contributed by atoms with Crippen molar-refractivity contribution in [2.45, 2.75) is 35.8 Å². The predicted octanol–water partition coefficient (Wildman–Crippen LogP) is 5.61. The molecule has 0 unspecified atom stereocenters. The van der Waals surface area contributed by atoms with Crippen molar-refractivity contribution in [2.24, 2.45) is 0 Å². The molecule has 1 aliphatic rings. The van der Waals surface area contributed by atoms with E-state index in [-0.39, 0.29) is 22.3 Å². The molecule has 1 fully saturated rings. The smallest absolute Gasteiger partial charge is 0.255 e. The summed E-state index contributed by atoms with van der Waals surface area (Å²) in [7, 11) is 0. The number of amides is 1. The van der Waals surface area contributed by atoms with Crippen LogP contribution in [-0.2, 0) is 4.79 Å². The second kappa shape index (κ2) is 8.35. The van der Waals surface area contributed by atoms with Gasteiger partial charge in [0.2, 0.25) is 0 Å². The van der Waals surface area contributed by atoms with Crippen molar-refractivity contribution in [1.29, 1.82) is 0 Å². The van der Waals surface area contributed by atoms with Gasteiger partial charge in [0.1, 0.15) is 5.78 Å². The number of carbonyl (C=O) groups excluding carboxylic acids is 2. The first-order valence-corrected chi connectivity index (χ1v) is 9.53. The fourth-order valence-electron chi connectivity index (χ4n) is 2.78. The van der Waals surface area contributed by atoms with Crippen LogP contribution in [0.3, 0.4) is 0 Å². The molecule has 1 saturated carbocycles. The van der Waals surface area contributed by atoms with E-state index in [0.717, 1.165) is 12.8 Å². The average Bonchev–Trinajstić information content (AvgIpc) is 2.63. The molecule has 0 radical (unpaired) electrons. The lowest BCUT2D eigenvalue weighted by Crippen LogP contribution is -2.16. The Kier molecular flexibility index (Phi) is 6.11. The highest BCUT2D eigenvalue weighted by atomic mass is 35.5. The van der Waals surface area contributed by atoms with E-state index in [1.54, 1.807) is 12.1 Å². The number of rotatable bonds is 4. The summed E-state index contributed by atoms with van der Waals surface area (Å²) >= 11 is 7.71. The highest BCUT2D eigenvalue weighted by molar-refractivity contribution is 8.00. The summed E-state index contributed by atoms with van der Waals surface area (Å²) in [5, 5.41) is 3.05. The Morgan fingerprint density at radius 1 is 1.07 bits per heavy atom. The normalized spacial score (nSPS) is 15.0. The molecule has 0 aliphatic heterocycles. The summed E-state index contributed by atoms with van der Waals surface area (Å²) in [5.74, 6) is -4.71. The molecule has 1 amide bonds. The van der Waals surface area contributed by atoms with Crippen LogP contribution in [0.1, 0.15) is 36.0 Å². The molecule has 3 nitrogen and oxygen atoms in total. The number of anilines is 1. The van der Waals surface area contributed by atoms with Gasteiger partial charge < -0.3 is 5.32 Å². The summed E-state index contributed by atoms with van der Waals surface area (Å²) in [4.78, 5) is 24.4. The number of hydrogen-bond donors (Lipinski definition) is 1. The Morgan fingerprint density at radius 2 is 1.70 bits per heavy atom. The molecular formula is C19H15ClF3NO2S. The molecule has 2 aromatic rings. The maximum atomic E-state index is 13.3.